The molecule has 0 spiro atoms. The molecule has 0 bridgehead atoms. The molecule has 1 aliphatic carbocycles. The third-order valence-corrected chi connectivity index (χ3v) is 6.55. The highest BCUT2D eigenvalue weighted by Gasteiger charge is 2.39. The van der Waals surface area contributed by atoms with Crippen molar-refractivity contribution in [2.45, 2.75) is 46.2 Å². The lowest BCUT2D eigenvalue weighted by Crippen LogP contribution is -2.55. The number of hydrogen-bond donors (Lipinski definition) is 1. The number of para-hydroxylation sites is 1. The first kappa shape index (κ1) is 18.3. The summed E-state index contributed by atoms with van der Waals surface area (Å²) in [6, 6.07) is 7.90. The topological polar surface area (TPSA) is 57.1 Å². The van der Waals surface area contributed by atoms with Crippen molar-refractivity contribution in [3.8, 4) is 0 Å². The van der Waals surface area contributed by atoms with Gasteiger partial charge in [0.05, 0.1) is 5.36 Å². The highest BCUT2D eigenvalue weighted by Crippen LogP contribution is 2.36. The molecule has 2 aliphatic heterocycles. The van der Waals surface area contributed by atoms with Crippen molar-refractivity contribution in [1.29, 1.82) is 0 Å². The fraction of sp³-hybridized carbons (Fsp3) is 0.476. The molecule has 3 aliphatic rings. The fourth-order valence-electron chi connectivity index (χ4n) is 4.12. The van der Waals surface area contributed by atoms with Gasteiger partial charge in [-0.2, -0.15) is 0 Å². The molecule has 1 aromatic rings. The number of amides is 1. The summed E-state index contributed by atoms with van der Waals surface area (Å²) < 4.78 is 0. The molecular formula is C21H26N4OS. The molecule has 0 saturated heterocycles. The smallest absolute Gasteiger partial charge is 0.276 e. The van der Waals surface area contributed by atoms with Gasteiger partial charge in [0.1, 0.15) is 11.9 Å². The standard InChI is InChI=1S/C21H26N4OS/c1-4-11-27-21-23-20(26)18-16-7-5-6-8-17(16)22-19(25(18)24-21)15-10-9-13(2)12-14(15)3/h5-9,14-15,19H,4,10-12H2,1-3H3,(H,23,24,26)/t14-,15+,19+/m1/s1. The Morgan fingerprint density at radius 1 is 1.33 bits per heavy atom. The van der Waals surface area contributed by atoms with Crippen molar-refractivity contribution in [3.63, 3.8) is 0 Å². The number of rotatable bonds is 3. The van der Waals surface area contributed by atoms with E-state index in [1.165, 1.54) is 5.57 Å². The lowest BCUT2D eigenvalue weighted by molar-refractivity contribution is -0.116. The Balaban J connectivity index is 1.82. The number of hydrogen-bond acceptors (Lipinski definition) is 5. The molecule has 2 heterocycles. The van der Waals surface area contributed by atoms with E-state index in [-0.39, 0.29) is 12.1 Å². The number of nitrogens with one attached hydrogen (secondary N) is 1. The van der Waals surface area contributed by atoms with Gasteiger partial charge in [-0.15, -0.1) is 5.10 Å². The summed E-state index contributed by atoms with van der Waals surface area (Å²) in [5.41, 5.74) is 2.07. The summed E-state index contributed by atoms with van der Waals surface area (Å²) in [7, 11) is 0. The molecule has 0 saturated carbocycles. The molecule has 1 N–H and O–H groups in total. The molecule has 142 valence electrons. The molecular weight excluding hydrogens is 356 g/mol. The van der Waals surface area contributed by atoms with Crippen LogP contribution in [0.15, 0.2) is 46.0 Å². The Morgan fingerprint density at radius 3 is 2.93 bits per heavy atom. The average Bonchev–Trinajstić information content (AvgIpc) is 2.65. The second-order valence-electron chi connectivity index (χ2n) is 7.59. The van der Waals surface area contributed by atoms with E-state index in [9.17, 15) is 4.79 Å². The minimum absolute atomic E-state index is 0.0776. The lowest BCUT2D eigenvalue weighted by atomic mass is 9.79. The van der Waals surface area contributed by atoms with E-state index in [1.807, 2.05) is 29.3 Å². The Morgan fingerprint density at radius 2 is 2.15 bits per heavy atom. The van der Waals surface area contributed by atoms with Crippen molar-refractivity contribution in [1.82, 2.24) is 10.3 Å². The summed E-state index contributed by atoms with van der Waals surface area (Å²) in [6.07, 6.45) is 5.27. The van der Waals surface area contributed by atoms with Crippen LogP contribution in [0.2, 0.25) is 0 Å². The zero-order valence-electron chi connectivity index (χ0n) is 16.1. The highest BCUT2D eigenvalue weighted by molar-refractivity contribution is 8.13. The molecule has 3 atom stereocenters. The number of nitrogens with zero attached hydrogens (tertiary/aromatic N) is 3. The van der Waals surface area contributed by atoms with E-state index in [0.29, 0.717) is 22.7 Å². The fourth-order valence-corrected chi connectivity index (χ4v) is 4.83. The van der Waals surface area contributed by atoms with Gasteiger partial charge in [0.15, 0.2) is 5.17 Å². The van der Waals surface area contributed by atoms with E-state index in [2.05, 4.69) is 32.2 Å². The molecule has 0 fully saturated rings. The van der Waals surface area contributed by atoms with Crippen molar-refractivity contribution in [3.05, 3.63) is 46.5 Å². The zero-order valence-corrected chi connectivity index (χ0v) is 16.9. The van der Waals surface area contributed by atoms with Crippen LogP contribution in [0.4, 0.5) is 0 Å². The van der Waals surface area contributed by atoms with Gasteiger partial charge < -0.3 is 0 Å². The van der Waals surface area contributed by atoms with Gasteiger partial charge in [-0.3, -0.25) is 15.1 Å². The largest absolute Gasteiger partial charge is 0.298 e. The normalized spacial score (nSPS) is 27.1. The van der Waals surface area contributed by atoms with Gasteiger partial charge in [0.25, 0.3) is 5.91 Å². The third-order valence-electron chi connectivity index (χ3n) is 5.48. The average molecular weight is 383 g/mol. The number of benzene rings is 1. The van der Waals surface area contributed by atoms with Crippen molar-refractivity contribution >= 4 is 28.5 Å². The number of amidine groups is 1. The summed E-state index contributed by atoms with van der Waals surface area (Å²) in [5, 5.41) is 12.1. The molecule has 4 rings (SSSR count). The first-order valence-electron chi connectivity index (χ1n) is 9.73. The zero-order chi connectivity index (χ0) is 19.0. The molecule has 5 nitrogen and oxygen atoms in total. The van der Waals surface area contributed by atoms with Gasteiger partial charge in [0.2, 0.25) is 0 Å². The summed E-state index contributed by atoms with van der Waals surface area (Å²) in [5.74, 6) is 1.69. The molecule has 1 aromatic carbocycles. The molecule has 0 aromatic heterocycles. The monoisotopic (exact) mass is 382 g/mol. The summed E-state index contributed by atoms with van der Waals surface area (Å²) in [6.45, 7) is 6.62. The van der Waals surface area contributed by atoms with E-state index >= 15 is 0 Å². The maximum Gasteiger partial charge on any atom is 0.276 e. The van der Waals surface area contributed by atoms with Crippen LogP contribution in [0.1, 0.15) is 40.0 Å². The molecule has 0 unspecified atom stereocenters. The van der Waals surface area contributed by atoms with Crippen molar-refractivity contribution in [2.75, 3.05) is 5.75 Å². The highest BCUT2D eigenvalue weighted by atomic mass is 32.2. The van der Waals surface area contributed by atoms with Gasteiger partial charge >= 0.3 is 0 Å². The summed E-state index contributed by atoms with van der Waals surface area (Å²) in [4.78, 5) is 18.0. The predicted molar refractivity (Wildman–Crippen MR) is 110 cm³/mol. The van der Waals surface area contributed by atoms with E-state index in [0.717, 1.165) is 35.6 Å². The van der Waals surface area contributed by atoms with Crippen LogP contribution in [-0.4, -0.2) is 28.0 Å². The Bertz CT molecular complexity index is 936. The second kappa shape index (κ2) is 7.50. The van der Waals surface area contributed by atoms with E-state index in [1.54, 1.807) is 11.8 Å². The van der Waals surface area contributed by atoms with Crippen molar-refractivity contribution in [2.24, 2.45) is 21.9 Å². The third kappa shape index (κ3) is 3.43. The number of allylic oxidation sites excluding steroid dienone is 2. The molecule has 27 heavy (non-hydrogen) atoms. The summed E-state index contributed by atoms with van der Waals surface area (Å²) >= 11 is 1.60. The maximum atomic E-state index is 13.0. The second-order valence-corrected chi connectivity index (χ2v) is 8.68. The number of carbonyl (C=O) groups excluding carboxylic acids is 1. The molecule has 6 heteroatoms. The van der Waals surface area contributed by atoms with Crippen LogP contribution < -0.4 is 15.9 Å². The van der Waals surface area contributed by atoms with Gasteiger partial charge in [-0.1, -0.05) is 55.5 Å². The van der Waals surface area contributed by atoms with Crippen LogP contribution in [0.25, 0.3) is 5.70 Å². The maximum absolute atomic E-state index is 13.0. The van der Waals surface area contributed by atoms with Crippen LogP contribution in [0, 0.1) is 11.8 Å². The number of hydrazone groups is 1. The first-order chi connectivity index (χ1) is 13.1. The van der Waals surface area contributed by atoms with Crippen LogP contribution in [0.3, 0.4) is 0 Å². The van der Waals surface area contributed by atoms with Crippen LogP contribution >= 0.6 is 11.8 Å². The van der Waals surface area contributed by atoms with Crippen LogP contribution in [-0.2, 0) is 4.79 Å². The molecule has 1 amide bonds. The number of fused-ring (bicyclic) bond motifs is 2. The minimum atomic E-state index is -0.141. The van der Waals surface area contributed by atoms with E-state index < -0.39 is 0 Å². The first-order valence-corrected chi connectivity index (χ1v) is 10.7. The predicted octanol–water partition coefficient (Wildman–Crippen LogP) is 2.59. The van der Waals surface area contributed by atoms with Gasteiger partial charge in [0, 0.05) is 16.9 Å². The number of thioether (sulfide) groups is 1. The quantitative estimate of drug-likeness (QED) is 0.818. The lowest BCUT2D eigenvalue weighted by Gasteiger charge is -2.40. The number of carbonyl (C=O) groups is 1. The Labute approximate surface area is 164 Å². The Hall–Kier alpha value is -2.08. The van der Waals surface area contributed by atoms with Crippen molar-refractivity contribution < 1.29 is 4.79 Å². The Kier molecular flexibility index (Phi) is 5.08. The van der Waals surface area contributed by atoms with Gasteiger partial charge in [-0.25, -0.2) is 5.01 Å². The van der Waals surface area contributed by atoms with E-state index in [4.69, 9.17) is 10.1 Å². The van der Waals surface area contributed by atoms with Gasteiger partial charge in [-0.05, 0) is 38.2 Å². The minimum Gasteiger partial charge on any atom is -0.298 e. The SMILES string of the molecule is CCCSC1=NN2C(=c3ccccc3=N[C@@H]2[C@H]2CC=C(C)C[C@H]2C)C(=O)N1. The molecule has 0 radical (unpaired) electrons. The van der Waals surface area contributed by atoms with Crippen LogP contribution in [0.5, 0.6) is 0 Å².